The lowest BCUT2D eigenvalue weighted by Gasteiger charge is -2.45. The minimum Gasteiger partial charge on any atom is -0.493 e. The second kappa shape index (κ2) is 7.31. The molecule has 7 heteroatoms. The van der Waals surface area contributed by atoms with Crippen molar-refractivity contribution < 1.29 is 24.1 Å². The van der Waals surface area contributed by atoms with Gasteiger partial charge in [0, 0.05) is 35.6 Å². The average Bonchev–Trinajstić information content (AvgIpc) is 2.63. The van der Waals surface area contributed by atoms with Gasteiger partial charge in [-0.1, -0.05) is 6.92 Å². The number of aromatic nitrogens is 1. The van der Waals surface area contributed by atoms with Crippen molar-refractivity contribution in [1.29, 1.82) is 0 Å². The Bertz CT molecular complexity index is 881. The Morgan fingerprint density at radius 1 is 1.32 bits per heavy atom. The fourth-order valence-electron chi connectivity index (χ4n) is 3.84. The molecule has 0 saturated carbocycles. The molecule has 3 heterocycles. The number of nitrogens with one attached hydrogen (secondary N) is 1. The number of fused-ring (bicyclic) bond motifs is 4. The SMILES string of the molecule is CC(COc1ccc2c(c1)OC1(COC1)c1cnccc1-2)CC(C)NC(=O)O. The minimum absolute atomic E-state index is 0.119. The molecule has 1 aromatic heterocycles. The Morgan fingerprint density at radius 3 is 2.86 bits per heavy atom. The van der Waals surface area contributed by atoms with Crippen molar-refractivity contribution in [2.75, 3.05) is 19.8 Å². The van der Waals surface area contributed by atoms with Crippen molar-refractivity contribution in [3.05, 3.63) is 42.2 Å². The number of pyridine rings is 1. The van der Waals surface area contributed by atoms with Gasteiger partial charge < -0.3 is 24.6 Å². The highest BCUT2D eigenvalue weighted by atomic mass is 16.6. The van der Waals surface area contributed by atoms with Crippen molar-refractivity contribution in [2.24, 2.45) is 5.92 Å². The summed E-state index contributed by atoms with van der Waals surface area (Å²) in [6.45, 7) is 5.42. The van der Waals surface area contributed by atoms with Crippen LogP contribution in [0, 0.1) is 5.92 Å². The molecule has 2 aliphatic heterocycles. The molecule has 1 spiro atoms. The van der Waals surface area contributed by atoms with Gasteiger partial charge in [-0.25, -0.2) is 4.79 Å². The second-order valence-corrected chi connectivity index (χ2v) is 7.67. The molecule has 4 rings (SSSR count). The van der Waals surface area contributed by atoms with E-state index in [0.29, 0.717) is 26.2 Å². The van der Waals surface area contributed by atoms with Crippen LogP contribution >= 0.6 is 0 Å². The first-order valence-corrected chi connectivity index (χ1v) is 9.45. The number of benzene rings is 1. The van der Waals surface area contributed by atoms with Crippen LogP contribution in [-0.2, 0) is 10.3 Å². The predicted molar refractivity (Wildman–Crippen MR) is 103 cm³/mol. The number of rotatable bonds is 6. The van der Waals surface area contributed by atoms with E-state index in [1.165, 1.54) is 0 Å². The van der Waals surface area contributed by atoms with Crippen molar-refractivity contribution >= 4 is 6.09 Å². The van der Waals surface area contributed by atoms with Crippen LogP contribution in [-0.4, -0.2) is 42.0 Å². The van der Waals surface area contributed by atoms with Crippen LogP contribution < -0.4 is 14.8 Å². The Hall–Kier alpha value is -2.80. The largest absolute Gasteiger partial charge is 0.493 e. The molecule has 7 nitrogen and oxygen atoms in total. The number of amides is 1. The summed E-state index contributed by atoms with van der Waals surface area (Å²) in [5, 5.41) is 11.3. The zero-order valence-corrected chi connectivity index (χ0v) is 16.0. The standard InChI is InChI=1S/C21H24N2O5/c1-13(7-14(2)23-20(24)25)10-27-15-3-4-17-16-5-6-22-9-18(16)21(11-26-12-21)28-19(17)8-15/h3-6,8-9,13-14,23H,7,10-12H2,1-2H3,(H,24,25). The molecule has 2 aromatic rings. The molecule has 2 atom stereocenters. The van der Waals surface area contributed by atoms with Gasteiger partial charge in [-0.05, 0) is 43.0 Å². The van der Waals surface area contributed by atoms with Crippen LogP contribution in [0.1, 0.15) is 25.8 Å². The maximum Gasteiger partial charge on any atom is 0.404 e. The van der Waals surface area contributed by atoms with E-state index < -0.39 is 11.7 Å². The normalized spacial score (nSPS) is 18.1. The molecule has 1 aromatic carbocycles. The molecule has 2 N–H and O–H groups in total. The lowest BCUT2D eigenvalue weighted by atomic mass is 9.84. The maximum atomic E-state index is 10.7. The third-order valence-corrected chi connectivity index (χ3v) is 5.19. The fourth-order valence-corrected chi connectivity index (χ4v) is 3.84. The maximum absolute atomic E-state index is 10.7. The van der Waals surface area contributed by atoms with E-state index in [0.717, 1.165) is 28.2 Å². The van der Waals surface area contributed by atoms with E-state index in [9.17, 15) is 4.79 Å². The van der Waals surface area contributed by atoms with Crippen LogP contribution in [0.15, 0.2) is 36.7 Å². The number of hydrogen-bond donors (Lipinski definition) is 2. The van der Waals surface area contributed by atoms with Crippen molar-refractivity contribution in [3.8, 4) is 22.6 Å². The highest BCUT2D eigenvalue weighted by Gasteiger charge is 2.47. The molecule has 1 amide bonds. The molecule has 1 fully saturated rings. The molecule has 2 unspecified atom stereocenters. The van der Waals surface area contributed by atoms with E-state index in [2.05, 4.69) is 10.3 Å². The van der Waals surface area contributed by atoms with Gasteiger partial charge >= 0.3 is 6.09 Å². The Labute approximate surface area is 163 Å². The highest BCUT2D eigenvalue weighted by Crippen LogP contribution is 2.48. The van der Waals surface area contributed by atoms with Gasteiger partial charge in [0.2, 0.25) is 0 Å². The summed E-state index contributed by atoms with van der Waals surface area (Å²) in [5.74, 6) is 1.72. The van der Waals surface area contributed by atoms with Crippen molar-refractivity contribution in [2.45, 2.75) is 31.9 Å². The summed E-state index contributed by atoms with van der Waals surface area (Å²) in [6.07, 6.45) is 3.35. The number of ether oxygens (including phenoxy) is 3. The van der Waals surface area contributed by atoms with Crippen LogP contribution in [0.3, 0.4) is 0 Å². The summed E-state index contributed by atoms with van der Waals surface area (Å²) in [6, 6.07) is 7.76. The first-order chi connectivity index (χ1) is 13.5. The molecule has 28 heavy (non-hydrogen) atoms. The first-order valence-electron chi connectivity index (χ1n) is 9.45. The van der Waals surface area contributed by atoms with E-state index in [1.54, 1.807) is 6.20 Å². The topological polar surface area (TPSA) is 89.9 Å². The van der Waals surface area contributed by atoms with Crippen LogP contribution in [0.5, 0.6) is 11.5 Å². The van der Waals surface area contributed by atoms with Gasteiger partial charge in [0.25, 0.3) is 0 Å². The van der Waals surface area contributed by atoms with Gasteiger partial charge in [0.1, 0.15) is 11.5 Å². The third kappa shape index (κ3) is 3.49. The highest BCUT2D eigenvalue weighted by molar-refractivity contribution is 5.77. The summed E-state index contributed by atoms with van der Waals surface area (Å²) < 4.78 is 17.7. The lowest BCUT2D eigenvalue weighted by Crippen LogP contribution is -2.53. The molecular weight excluding hydrogens is 360 g/mol. The first kappa shape index (κ1) is 18.6. The van der Waals surface area contributed by atoms with E-state index in [1.807, 2.05) is 44.3 Å². The Balaban J connectivity index is 1.47. The molecule has 148 valence electrons. The van der Waals surface area contributed by atoms with Gasteiger partial charge in [0.15, 0.2) is 5.60 Å². The molecule has 0 bridgehead atoms. The number of nitrogens with zero attached hydrogens (tertiary/aromatic N) is 1. The Morgan fingerprint density at radius 2 is 2.14 bits per heavy atom. The van der Waals surface area contributed by atoms with E-state index in [-0.39, 0.29) is 12.0 Å². The smallest absolute Gasteiger partial charge is 0.404 e. The predicted octanol–water partition coefficient (Wildman–Crippen LogP) is 3.43. The van der Waals surface area contributed by atoms with Crippen LogP contribution in [0.4, 0.5) is 4.79 Å². The second-order valence-electron chi connectivity index (χ2n) is 7.67. The zero-order chi connectivity index (χ0) is 19.7. The van der Waals surface area contributed by atoms with Crippen LogP contribution in [0.25, 0.3) is 11.1 Å². The monoisotopic (exact) mass is 384 g/mol. The van der Waals surface area contributed by atoms with E-state index >= 15 is 0 Å². The summed E-state index contributed by atoms with van der Waals surface area (Å²) in [5.41, 5.74) is 2.75. The third-order valence-electron chi connectivity index (χ3n) is 5.19. The fraction of sp³-hybridized carbons (Fsp3) is 0.429. The summed E-state index contributed by atoms with van der Waals surface area (Å²) in [4.78, 5) is 15.0. The van der Waals surface area contributed by atoms with Gasteiger partial charge in [-0.2, -0.15) is 0 Å². The molecule has 0 radical (unpaired) electrons. The van der Waals surface area contributed by atoms with Crippen molar-refractivity contribution in [1.82, 2.24) is 10.3 Å². The van der Waals surface area contributed by atoms with E-state index in [4.69, 9.17) is 19.3 Å². The number of carbonyl (C=O) groups is 1. The number of hydrogen-bond acceptors (Lipinski definition) is 5. The van der Waals surface area contributed by atoms with Crippen LogP contribution in [0.2, 0.25) is 0 Å². The molecule has 1 saturated heterocycles. The summed E-state index contributed by atoms with van der Waals surface area (Å²) >= 11 is 0. The number of carboxylic acid groups (broad SMARTS) is 1. The molecule has 2 aliphatic rings. The average molecular weight is 384 g/mol. The molecular formula is C21H24N2O5. The van der Waals surface area contributed by atoms with Crippen molar-refractivity contribution in [3.63, 3.8) is 0 Å². The molecule has 0 aliphatic carbocycles. The van der Waals surface area contributed by atoms with Gasteiger partial charge in [0.05, 0.1) is 19.8 Å². The van der Waals surface area contributed by atoms with Gasteiger partial charge in [-0.15, -0.1) is 0 Å². The quantitative estimate of drug-likeness (QED) is 0.793. The summed E-state index contributed by atoms with van der Waals surface area (Å²) in [7, 11) is 0. The zero-order valence-electron chi connectivity index (χ0n) is 16.0. The minimum atomic E-state index is -1.00. The lowest BCUT2D eigenvalue weighted by molar-refractivity contribution is -0.169. The van der Waals surface area contributed by atoms with Gasteiger partial charge in [-0.3, -0.25) is 4.98 Å². The Kier molecular flexibility index (Phi) is 4.85.